The van der Waals surface area contributed by atoms with Gasteiger partial charge in [0.05, 0.1) is 5.52 Å². The third-order valence-corrected chi connectivity index (χ3v) is 3.79. The highest BCUT2D eigenvalue weighted by Crippen LogP contribution is 2.20. The Kier molecular flexibility index (Phi) is 2.61. The van der Waals surface area contributed by atoms with Crippen molar-refractivity contribution in [3.8, 4) is 5.69 Å². The Morgan fingerprint density at radius 3 is 2.14 bits per heavy atom. The molecule has 0 spiro atoms. The number of nitrogens with zero attached hydrogens (tertiary/aromatic N) is 1. The van der Waals surface area contributed by atoms with Crippen LogP contribution in [-0.4, -0.2) is 4.57 Å². The fourth-order valence-electron chi connectivity index (χ4n) is 2.77. The van der Waals surface area contributed by atoms with Crippen molar-refractivity contribution < 1.29 is 0 Å². The lowest BCUT2D eigenvalue weighted by atomic mass is 10.1. The van der Waals surface area contributed by atoms with Gasteiger partial charge in [0.2, 0.25) is 0 Å². The predicted octanol–water partition coefficient (Wildman–Crippen LogP) is 4.14. The number of benzene rings is 3. The zero-order chi connectivity index (χ0) is 14.2. The first-order chi connectivity index (χ1) is 10.3. The number of hydrogen-bond donors (Lipinski definition) is 0. The van der Waals surface area contributed by atoms with Crippen LogP contribution in [0.3, 0.4) is 0 Å². The molecule has 21 heavy (non-hydrogen) atoms. The van der Waals surface area contributed by atoms with Crippen LogP contribution in [0.1, 0.15) is 0 Å². The SMILES string of the molecule is O=c1ccc2ccccc2n1-c1ccc2ccccc2c1. The average molecular weight is 271 g/mol. The number of pyridine rings is 1. The molecule has 0 fully saturated rings. The average Bonchev–Trinajstić information content (AvgIpc) is 2.54. The van der Waals surface area contributed by atoms with Gasteiger partial charge in [-0.25, -0.2) is 0 Å². The highest BCUT2D eigenvalue weighted by Gasteiger charge is 2.05. The van der Waals surface area contributed by atoms with E-state index in [1.165, 1.54) is 5.39 Å². The summed E-state index contributed by atoms with van der Waals surface area (Å²) in [6, 6.07) is 25.7. The van der Waals surface area contributed by atoms with Gasteiger partial charge in [-0.3, -0.25) is 9.36 Å². The van der Waals surface area contributed by atoms with Crippen molar-refractivity contribution in [1.82, 2.24) is 4.57 Å². The van der Waals surface area contributed by atoms with Crippen LogP contribution in [0.25, 0.3) is 27.4 Å². The molecule has 0 bridgehead atoms. The number of aromatic nitrogens is 1. The monoisotopic (exact) mass is 271 g/mol. The third-order valence-electron chi connectivity index (χ3n) is 3.79. The van der Waals surface area contributed by atoms with Crippen LogP contribution in [0.4, 0.5) is 0 Å². The Bertz CT molecular complexity index is 1010. The molecule has 3 aromatic carbocycles. The molecular weight excluding hydrogens is 258 g/mol. The van der Waals surface area contributed by atoms with E-state index in [1.807, 2.05) is 48.5 Å². The first kappa shape index (κ1) is 11.9. The molecule has 0 N–H and O–H groups in total. The van der Waals surface area contributed by atoms with Gasteiger partial charge >= 0.3 is 0 Å². The smallest absolute Gasteiger partial charge is 0.255 e. The Hall–Kier alpha value is -2.87. The molecule has 2 heteroatoms. The number of fused-ring (bicyclic) bond motifs is 2. The van der Waals surface area contributed by atoms with Gasteiger partial charge in [0.15, 0.2) is 0 Å². The molecule has 0 atom stereocenters. The highest BCUT2D eigenvalue weighted by molar-refractivity contribution is 5.86. The van der Waals surface area contributed by atoms with Crippen LogP contribution < -0.4 is 5.56 Å². The van der Waals surface area contributed by atoms with Gasteiger partial charge in [0.25, 0.3) is 5.56 Å². The Labute approximate surface area is 121 Å². The molecule has 0 aliphatic carbocycles. The molecule has 0 aliphatic rings. The molecule has 0 aliphatic heterocycles. The van der Waals surface area contributed by atoms with E-state index in [-0.39, 0.29) is 5.56 Å². The molecular formula is C19H13NO. The van der Waals surface area contributed by atoms with Gasteiger partial charge in [-0.05, 0) is 40.4 Å². The summed E-state index contributed by atoms with van der Waals surface area (Å²) >= 11 is 0. The standard InChI is InChI=1S/C19H13NO/c21-19-12-10-15-6-3-4-8-18(15)20(19)17-11-9-14-5-1-2-7-16(14)13-17/h1-13H. The third kappa shape index (κ3) is 1.93. The summed E-state index contributed by atoms with van der Waals surface area (Å²) in [5, 5.41) is 3.37. The van der Waals surface area contributed by atoms with E-state index in [9.17, 15) is 4.79 Å². The zero-order valence-corrected chi connectivity index (χ0v) is 11.4. The lowest BCUT2D eigenvalue weighted by molar-refractivity contribution is 1.05. The molecule has 0 saturated carbocycles. The summed E-state index contributed by atoms with van der Waals surface area (Å²) in [7, 11) is 0. The maximum absolute atomic E-state index is 12.3. The Morgan fingerprint density at radius 1 is 0.619 bits per heavy atom. The minimum Gasteiger partial charge on any atom is -0.277 e. The molecule has 1 heterocycles. The molecule has 0 radical (unpaired) electrons. The Morgan fingerprint density at radius 2 is 1.29 bits per heavy atom. The Balaban J connectivity index is 2.08. The molecule has 100 valence electrons. The molecule has 2 nitrogen and oxygen atoms in total. The summed E-state index contributed by atoms with van der Waals surface area (Å²) in [5.41, 5.74) is 1.82. The summed E-state index contributed by atoms with van der Waals surface area (Å²) in [6.07, 6.45) is 0. The molecule has 0 unspecified atom stereocenters. The second-order valence-corrected chi connectivity index (χ2v) is 5.10. The first-order valence-corrected chi connectivity index (χ1v) is 6.93. The lowest BCUT2D eigenvalue weighted by Gasteiger charge is -2.11. The van der Waals surface area contributed by atoms with Crippen molar-refractivity contribution in [2.75, 3.05) is 0 Å². The maximum Gasteiger partial charge on any atom is 0.255 e. The maximum atomic E-state index is 12.3. The minimum atomic E-state index is -0.0102. The summed E-state index contributed by atoms with van der Waals surface area (Å²) in [4.78, 5) is 12.3. The molecule has 0 saturated heterocycles. The van der Waals surface area contributed by atoms with E-state index in [4.69, 9.17) is 0 Å². The summed E-state index contributed by atoms with van der Waals surface area (Å²) in [5.74, 6) is 0. The van der Waals surface area contributed by atoms with Crippen molar-refractivity contribution in [3.63, 3.8) is 0 Å². The molecule has 4 rings (SSSR count). The number of hydrogen-bond acceptors (Lipinski definition) is 1. The van der Waals surface area contributed by atoms with Gasteiger partial charge in [0, 0.05) is 11.8 Å². The van der Waals surface area contributed by atoms with Crippen molar-refractivity contribution in [2.45, 2.75) is 0 Å². The van der Waals surface area contributed by atoms with Gasteiger partial charge in [0.1, 0.15) is 0 Å². The quantitative estimate of drug-likeness (QED) is 0.510. The highest BCUT2D eigenvalue weighted by atomic mass is 16.1. The van der Waals surface area contributed by atoms with Crippen LogP contribution >= 0.6 is 0 Å². The topological polar surface area (TPSA) is 22.0 Å². The van der Waals surface area contributed by atoms with Gasteiger partial charge in [-0.1, -0.05) is 48.5 Å². The van der Waals surface area contributed by atoms with Crippen LogP contribution in [0.15, 0.2) is 83.7 Å². The van der Waals surface area contributed by atoms with Crippen molar-refractivity contribution in [2.24, 2.45) is 0 Å². The first-order valence-electron chi connectivity index (χ1n) is 6.93. The van der Waals surface area contributed by atoms with Crippen LogP contribution in [0, 0.1) is 0 Å². The second kappa shape index (κ2) is 4.60. The van der Waals surface area contributed by atoms with E-state index in [2.05, 4.69) is 24.3 Å². The molecule has 4 aromatic rings. The molecule has 1 aromatic heterocycles. The number of para-hydroxylation sites is 1. The van der Waals surface area contributed by atoms with E-state index in [0.717, 1.165) is 22.0 Å². The van der Waals surface area contributed by atoms with Crippen LogP contribution in [-0.2, 0) is 0 Å². The second-order valence-electron chi connectivity index (χ2n) is 5.10. The molecule has 0 amide bonds. The van der Waals surface area contributed by atoms with Crippen molar-refractivity contribution in [1.29, 1.82) is 0 Å². The van der Waals surface area contributed by atoms with E-state index in [0.29, 0.717) is 0 Å². The van der Waals surface area contributed by atoms with Crippen molar-refractivity contribution in [3.05, 3.63) is 89.2 Å². The largest absolute Gasteiger partial charge is 0.277 e. The van der Waals surface area contributed by atoms with E-state index < -0.39 is 0 Å². The van der Waals surface area contributed by atoms with E-state index in [1.54, 1.807) is 10.6 Å². The minimum absolute atomic E-state index is 0.0102. The summed E-state index contributed by atoms with van der Waals surface area (Å²) < 4.78 is 1.77. The van der Waals surface area contributed by atoms with Crippen LogP contribution in [0.5, 0.6) is 0 Å². The van der Waals surface area contributed by atoms with Gasteiger partial charge in [-0.2, -0.15) is 0 Å². The summed E-state index contributed by atoms with van der Waals surface area (Å²) in [6.45, 7) is 0. The lowest BCUT2D eigenvalue weighted by Crippen LogP contribution is -2.17. The van der Waals surface area contributed by atoms with E-state index >= 15 is 0 Å². The van der Waals surface area contributed by atoms with Crippen LogP contribution in [0.2, 0.25) is 0 Å². The fraction of sp³-hybridized carbons (Fsp3) is 0. The predicted molar refractivity (Wildman–Crippen MR) is 87.1 cm³/mol. The van der Waals surface area contributed by atoms with Gasteiger partial charge in [-0.15, -0.1) is 0 Å². The van der Waals surface area contributed by atoms with Gasteiger partial charge < -0.3 is 0 Å². The fourth-order valence-corrected chi connectivity index (χ4v) is 2.77. The number of rotatable bonds is 1. The zero-order valence-electron chi connectivity index (χ0n) is 11.4. The normalized spacial score (nSPS) is 11.0. The van der Waals surface area contributed by atoms with Crippen molar-refractivity contribution >= 4 is 21.7 Å².